The first kappa shape index (κ1) is 23.5. The Morgan fingerprint density at radius 3 is 1.00 bits per heavy atom. The van der Waals surface area contributed by atoms with Gasteiger partial charge in [-0.15, -0.1) is 0 Å². The van der Waals surface area contributed by atoms with Crippen LogP contribution in [0.2, 0.25) is 0 Å². The van der Waals surface area contributed by atoms with E-state index in [1.165, 1.54) is 5.92 Å². The minimum absolute atomic E-state index is 0. The Balaban J connectivity index is -0.0000000183. The summed E-state index contributed by atoms with van der Waals surface area (Å²) >= 11 is 0. The summed E-state index contributed by atoms with van der Waals surface area (Å²) in [5.41, 5.74) is 0. The standard InChI is InChI=1S/C4H9.C2H5.CH3.V/c1-4(2)3;1-2;;/h1-3H3;1H2,2H3;1H3;/q3*-1;. The molecule has 0 rings (SSSR count). The van der Waals surface area contributed by atoms with Gasteiger partial charge in [-0.1, -0.05) is 0 Å². The summed E-state index contributed by atoms with van der Waals surface area (Å²) in [6.45, 7) is 11.2. The van der Waals surface area contributed by atoms with Crippen molar-refractivity contribution in [2.75, 3.05) is 0 Å². The maximum absolute atomic E-state index is 3.25. The molecule has 0 nitrogen and oxygen atoms in total. The fourth-order valence-corrected chi connectivity index (χ4v) is 0. The van der Waals surface area contributed by atoms with E-state index in [9.17, 15) is 0 Å². The van der Waals surface area contributed by atoms with Crippen LogP contribution in [-0.2, 0) is 18.6 Å². The fraction of sp³-hybridized carbons (Fsp3) is 0.571. The van der Waals surface area contributed by atoms with Crippen molar-refractivity contribution < 1.29 is 18.6 Å². The van der Waals surface area contributed by atoms with Crippen LogP contribution in [0.15, 0.2) is 0 Å². The summed E-state index contributed by atoms with van der Waals surface area (Å²) < 4.78 is 0. The first-order valence-corrected chi connectivity index (χ1v) is 2.21. The molecule has 0 aromatic carbocycles. The van der Waals surface area contributed by atoms with Crippen molar-refractivity contribution in [1.82, 2.24) is 0 Å². The van der Waals surface area contributed by atoms with Gasteiger partial charge in [-0.3, -0.25) is 0 Å². The van der Waals surface area contributed by atoms with E-state index >= 15 is 0 Å². The summed E-state index contributed by atoms with van der Waals surface area (Å²) in [6, 6.07) is 0. The normalized spacial score (nSPS) is 5.25. The van der Waals surface area contributed by atoms with Crippen LogP contribution in [0.1, 0.15) is 27.7 Å². The topological polar surface area (TPSA) is 0 Å². The molecule has 0 unspecified atom stereocenters. The van der Waals surface area contributed by atoms with E-state index in [1.54, 1.807) is 6.92 Å². The fourth-order valence-electron chi connectivity index (χ4n) is 0. The van der Waals surface area contributed by atoms with Crippen LogP contribution >= 0.6 is 0 Å². The quantitative estimate of drug-likeness (QED) is 0.468. The van der Waals surface area contributed by atoms with Gasteiger partial charge < -0.3 is 20.3 Å². The molecule has 1 heteroatoms. The predicted octanol–water partition coefficient (Wildman–Crippen LogP) is 2.91. The molecule has 0 aliphatic carbocycles. The number of rotatable bonds is 0. The zero-order valence-corrected chi connectivity index (χ0v) is 8.05. The maximum atomic E-state index is 3.25. The molecule has 0 saturated carbocycles. The minimum Gasteiger partial charge on any atom is -0.358 e. The Bertz CT molecular complexity index is 9.10. The third-order valence-electron chi connectivity index (χ3n) is 0. The molecule has 0 saturated heterocycles. The van der Waals surface area contributed by atoms with Crippen LogP contribution in [0.25, 0.3) is 0 Å². The average molecular weight is 152 g/mol. The molecular formula is C7H17V-3. The molecule has 0 bridgehead atoms. The number of hydrogen-bond acceptors (Lipinski definition) is 0. The maximum Gasteiger partial charge on any atom is 0 e. The van der Waals surface area contributed by atoms with Crippen molar-refractivity contribution in [2.24, 2.45) is 0 Å². The van der Waals surface area contributed by atoms with Crippen molar-refractivity contribution >= 4 is 0 Å². The molecule has 0 atom stereocenters. The van der Waals surface area contributed by atoms with Crippen molar-refractivity contribution in [3.05, 3.63) is 20.3 Å². The first-order valence-electron chi connectivity index (χ1n) is 2.21. The van der Waals surface area contributed by atoms with Gasteiger partial charge in [0.05, 0.1) is 0 Å². The SMILES string of the molecule is C[C-](C)C.[CH2-]C.[CH3-].[V]. The van der Waals surface area contributed by atoms with Crippen molar-refractivity contribution in [1.29, 1.82) is 0 Å². The third-order valence-corrected chi connectivity index (χ3v) is 0. The molecule has 0 fully saturated rings. The predicted molar refractivity (Wildman–Crippen MR) is 37.7 cm³/mol. The molecule has 0 aromatic rings. The summed E-state index contributed by atoms with van der Waals surface area (Å²) in [4.78, 5) is 0. The van der Waals surface area contributed by atoms with E-state index in [0.29, 0.717) is 0 Å². The summed E-state index contributed by atoms with van der Waals surface area (Å²) in [6.07, 6.45) is 0. The van der Waals surface area contributed by atoms with Crippen LogP contribution in [-0.4, -0.2) is 0 Å². The Morgan fingerprint density at radius 1 is 1.00 bits per heavy atom. The Hall–Kier alpha value is 0.584. The zero-order valence-electron chi connectivity index (χ0n) is 6.65. The second-order valence-corrected chi connectivity index (χ2v) is 1.50. The monoisotopic (exact) mass is 152 g/mol. The molecule has 0 aromatic heterocycles. The Labute approximate surface area is 66.9 Å². The van der Waals surface area contributed by atoms with Crippen LogP contribution < -0.4 is 0 Å². The summed E-state index contributed by atoms with van der Waals surface area (Å²) in [5, 5.41) is 0. The Morgan fingerprint density at radius 2 is 1.00 bits per heavy atom. The van der Waals surface area contributed by atoms with Crippen LogP contribution in [0.5, 0.6) is 0 Å². The molecule has 0 aliphatic rings. The van der Waals surface area contributed by atoms with Crippen LogP contribution in [0.3, 0.4) is 0 Å². The van der Waals surface area contributed by atoms with Gasteiger partial charge in [-0.25, -0.2) is 0 Å². The molecule has 0 N–H and O–H groups in total. The summed E-state index contributed by atoms with van der Waals surface area (Å²) in [5.74, 6) is 1.42. The van der Waals surface area contributed by atoms with Crippen molar-refractivity contribution in [3.63, 3.8) is 0 Å². The van der Waals surface area contributed by atoms with Gasteiger partial charge in [0.1, 0.15) is 0 Å². The van der Waals surface area contributed by atoms with Gasteiger partial charge in [0, 0.05) is 18.6 Å². The molecule has 1 radical (unpaired) electrons. The molecule has 0 spiro atoms. The van der Waals surface area contributed by atoms with Crippen molar-refractivity contribution in [3.8, 4) is 0 Å². The van der Waals surface area contributed by atoms with E-state index in [4.69, 9.17) is 0 Å². The van der Waals surface area contributed by atoms with Gasteiger partial charge in [0.15, 0.2) is 0 Å². The second kappa shape index (κ2) is 25.6. The van der Waals surface area contributed by atoms with Crippen molar-refractivity contribution in [2.45, 2.75) is 27.7 Å². The van der Waals surface area contributed by atoms with Gasteiger partial charge in [0.25, 0.3) is 0 Å². The first-order chi connectivity index (χ1) is 2.73. The third kappa shape index (κ3) is 601. The minimum atomic E-state index is 0. The molecule has 8 heavy (non-hydrogen) atoms. The van der Waals surface area contributed by atoms with Crippen LogP contribution in [0, 0.1) is 20.3 Å². The molecular weight excluding hydrogens is 135 g/mol. The smallest absolute Gasteiger partial charge is 0 e. The molecule has 0 aliphatic heterocycles. The van der Waals surface area contributed by atoms with Gasteiger partial charge in [0.2, 0.25) is 0 Å². The van der Waals surface area contributed by atoms with Crippen LogP contribution in [0.4, 0.5) is 0 Å². The molecule has 0 amide bonds. The zero-order chi connectivity index (χ0) is 5.58. The van der Waals surface area contributed by atoms with Gasteiger partial charge in [-0.05, 0) is 0 Å². The van der Waals surface area contributed by atoms with E-state index in [0.717, 1.165) is 0 Å². The van der Waals surface area contributed by atoms with E-state index in [1.807, 2.05) is 0 Å². The molecule has 0 heterocycles. The largest absolute Gasteiger partial charge is 0.358 e. The average Bonchev–Trinajstić information content (AvgIpc) is 1.41. The van der Waals surface area contributed by atoms with E-state index < -0.39 is 0 Å². The van der Waals surface area contributed by atoms with Gasteiger partial charge >= 0.3 is 0 Å². The summed E-state index contributed by atoms with van der Waals surface area (Å²) in [7, 11) is 0. The van der Waals surface area contributed by atoms with Gasteiger partial charge in [-0.2, -0.15) is 27.7 Å². The van der Waals surface area contributed by atoms with E-state index in [-0.39, 0.29) is 26.0 Å². The molecule has 53 valence electrons. The number of hydrogen-bond donors (Lipinski definition) is 0. The second-order valence-electron chi connectivity index (χ2n) is 1.50. The van der Waals surface area contributed by atoms with E-state index in [2.05, 4.69) is 27.7 Å². The Kier molecular flexibility index (Phi) is 75.2.